The standard InChI is InChI=1S/C17H13N5OS/c1-2-5-12(6-3-1)17-19-15(23-22-17)11-24-16-9-14(20-21-16)13-7-4-8-18-10-13/h1-8,10H,9,11H2. The fraction of sp³-hybridized carbons (Fsp3) is 0.118. The lowest BCUT2D eigenvalue weighted by molar-refractivity contribution is 0.392. The van der Waals surface area contributed by atoms with Crippen molar-refractivity contribution in [3.63, 3.8) is 0 Å². The number of thioether (sulfide) groups is 1. The second-order valence-corrected chi connectivity index (χ2v) is 6.17. The van der Waals surface area contributed by atoms with E-state index in [1.54, 1.807) is 24.2 Å². The van der Waals surface area contributed by atoms with E-state index in [1.807, 2.05) is 42.5 Å². The van der Waals surface area contributed by atoms with Crippen molar-refractivity contribution < 1.29 is 4.52 Å². The van der Waals surface area contributed by atoms with Crippen LogP contribution in [-0.4, -0.2) is 25.9 Å². The van der Waals surface area contributed by atoms with Crippen LogP contribution in [0.4, 0.5) is 0 Å². The van der Waals surface area contributed by atoms with Crippen LogP contribution < -0.4 is 0 Å². The molecular weight excluding hydrogens is 322 g/mol. The fourth-order valence-corrected chi connectivity index (χ4v) is 3.01. The Morgan fingerprint density at radius 3 is 2.71 bits per heavy atom. The molecule has 0 unspecified atom stereocenters. The zero-order valence-corrected chi connectivity index (χ0v) is 13.5. The molecule has 0 amide bonds. The van der Waals surface area contributed by atoms with Crippen LogP contribution in [0.1, 0.15) is 17.9 Å². The third kappa shape index (κ3) is 3.26. The van der Waals surface area contributed by atoms with Crippen molar-refractivity contribution in [2.75, 3.05) is 0 Å². The van der Waals surface area contributed by atoms with E-state index < -0.39 is 0 Å². The minimum absolute atomic E-state index is 0.578. The summed E-state index contributed by atoms with van der Waals surface area (Å²) in [7, 11) is 0. The molecule has 0 fully saturated rings. The predicted octanol–water partition coefficient (Wildman–Crippen LogP) is 3.57. The Bertz CT molecular complexity index is 890. The second-order valence-electron chi connectivity index (χ2n) is 5.13. The van der Waals surface area contributed by atoms with Crippen LogP contribution in [0.3, 0.4) is 0 Å². The molecule has 3 aromatic rings. The monoisotopic (exact) mass is 335 g/mol. The Morgan fingerprint density at radius 1 is 1.00 bits per heavy atom. The van der Waals surface area contributed by atoms with Crippen molar-refractivity contribution in [2.24, 2.45) is 10.2 Å². The Labute approximate surface area is 142 Å². The molecule has 3 heterocycles. The largest absolute Gasteiger partial charge is 0.338 e. The lowest BCUT2D eigenvalue weighted by Crippen LogP contribution is -2.02. The van der Waals surface area contributed by atoms with Crippen molar-refractivity contribution in [1.82, 2.24) is 15.1 Å². The van der Waals surface area contributed by atoms with Crippen LogP contribution >= 0.6 is 11.8 Å². The summed E-state index contributed by atoms with van der Waals surface area (Å²) < 4.78 is 5.31. The van der Waals surface area contributed by atoms with Gasteiger partial charge in [0.05, 0.1) is 11.5 Å². The molecule has 1 aromatic carbocycles. The lowest BCUT2D eigenvalue weighted by Gasteiger charge is -1.99. The summed E-state index contributed by atoms with van der Waals surface area (Å²) >= 11 is 1.56. The number of hydrogen-bond acceptors (Lipinski definition) is 7. The molecule has 7 heteroatoms. The van der Waals surface area contributed by atoms with Gasteiger partial charge in [0.1, 0.15) is 5.04 Å². The van der Waals surface area contributed by atoms with Crippen molar-refractivity contribution in [2.45, 2.75) is 12.2 Å². The predicted molar refractivity (Wildman–Crippen MR) is 93.9 cm³/mol. The van der Waals surface area contributed by atoms with Gasteiger partial charge in [-0.15, -0.1) is 5.10 Å². The molecule has 2 aromatic heterocycles. The molecule has 24 heavy (non-hydrogen) atoms. The molecule has 0 saturated carbocycles. The average Bonchev–Trinajstić information content (AvgIpc) is 3.31. The smallest absolute Gasteiger partial charge is 0.237 e. The first kappa shape index (κ1) is 14.8. The maximum Gasteiger partial charge on any atom is 0.237 e. The molecule has 0 atom stereocenters. The van der Waals surface area contributed by atoms with Crippen LogP contribution in [0.5, 0.6) is 0 Å². The average molecular weight is 335 g/mol. The van der Waals surface area contributed by atoms with Gasteiger partial charge in [0.15, 0.2) is 0 Å². The van der Waals surface area contributed by atoms with Gasteiger partial charge in [-0.2, -0.15) is 10.1 Å². The summed E-state index contributed by atoms with van der Waals surface area (Å²) in [5.41, 5.74) is 2.88. The summed E-state index contributed by atoms with van der Waals surface area (Å²) in [6, 6.07) is 13.6. The molecule has 4 rings (SSSR count). The highest BCUT2D eigenvalue weighted by atomic mass is 32.2. The molecule has 0 bridgehead atoms. The van der Waals surface area contributed by atoms with Gasteiger partial charge in [-0.3, -0.25) is 4.98 Å². The van der Waals surface area contributed by atoms with Crippen LogP contribution in [-0.2, 0) is 5.75 Å². The molecule has 118 valence electrons. The number of pyridine rings is 1. The molecule has 0 spiro atoms. The lowest BCUT2D eigenvalue weighted by atomic mass is 10.1. The second kappa shape index (κ2) is 6.76. The van der Waals surface area contributed by atoms with Gasteiger partial charge < -0.3 is 4.52 Å². The molecule has 0 N–H and O–H groups in total. The first-order valence-electron chi connectivity index (χ1n) is 7.43. The number of nitrogens with zero attached hydrogens (tertiary/aromatic N) is 5. The number of aromatic nitrogens is 3. The van der Waals surface area contributed by atoms with Crippen LogP contribution in [0.15, 0.2) is 69.6 Å². The van der Waals surface area contributed by atoms with E-state index >= 15 is 0 Å². The summed E-state index contributed by atoms with van der Waals surface area (Å²) in [5, 5.41) is 13.4. The minimum atomic E-state index is 0.578. The Kier molecular flexibility index (Phi) is 4.16. The highest BCUT2D eigenvalue weighted by Gasteiger charge is 2.16. The van der Waals surface area contributed by atoms with E-state index in [1.165, 1.54) is 0 Å². The van der Waals surface area contributed by atoms with Gasteiger partial charge >= 0.3 is 0 Å². The van der Waals surface area contributed by atoms with Crippen LogP contribution in [0, 0.1) is 0 Å². The van der Waals surface area contributed by atoms with Gasteiger partial charge in [-0.05, 0) is 12.1 Å². The molecule has 0 saturated heterocycles. The fourth-order valence-electron chi connectivity index (χ4n) is 2.27. The van der Waals surface area contributed by atoms with Gasteiger partial charge in [-0.1, -0.05) is 47.3 Å². The molecule has 0 aliphatic carbocycles. The summed E-state index contributed by atoms with van der Waals surface area (Å²) in [6.45, 7) is 0. The maximum atomic E-state index is 5.31. The molecule has 1 aliphatic heterocycles. The zero-order chi connectivity index (χ0) is 16.2. The van der Waals surface area contributed by atoms with E-state index in [0.717, 1.165) is 21.9 Å². The van der Waals surface area contributed by atoms with E-state index in [2.05, 4.69) is 25.3 Å². The zero-order valence-electron chi connectivity index (χ0n) is 12.7. The number of benzene rings is 1. The maximum absolute atomic E-state index is 5.31. The third-order valence-corrected chi connectivity index (χ3v) is 4.41. The highest BCUT2D eigenvalue weighted by Crippen LogP contribution is 2.22. The van der Waals surface area contributed by atoms with E-state index in [-0.39, 0.29) is 0 Å². The first-order chi connectivity index (χ1) is 11.9. The first-order valence-corrected chi connectivity index (χ1v) is 8.41. The topological polar surface area (TPSA) is 76.5 Å². The van der Waals surface area contributed by atoms with Crippen molar-refractivity contribution in [3.05, 3.63) is 66.3 Å². The van der Waals surface area contributed by atoms with Gasteiger partial charge in [0.2, 0.25) is 11.7 Å². The van der Waals surface area contributed by atoms with E-state index in [0.29, 0.717) is 23.9 Å². The highest BCUT2D eigenvalue weighted by molar-refractivity contribution is 8.13. The molecular formula is C17H13N5OS. The Morgan fingerprint density at radius 2 is 1.88 bits per heavy atom. The minimum Gasteiger partial charge on any atom is -0.338 e. The SMILES string of the molecule is c1ccc(-c2noc(CSC3=NN=C(c4cccnc4)C3)n2)cc1. The van der Waals surface area contributed by atoms with Gasteiger partial charge in [-0.25, -0.2) is 0 Å². The van der Waals surface area contributed by atoms with Crippen LogP contribution in [0.25, 0.3) is 11.4 Å². The van der Waals surface area contributed by atoms with Gasteiger partial charge in [0.25, 0.3) is 0 Å². The summed E-state index contributed by atoms with van der Waals surface area (Å²) in [4.78, 5) is 8.53. The molecule has 1 aliphatic rings. The van der Waals surface area contributed by atoms with E-state index in [4.69, 9.17) is 4.52 Å². The third-order valence-electron chi connectivity index (χ3n) is 3.46. The van der Waals surface area contributed by atoms with E-state index in [9.17, 15) is 0 Å². The van der Waals surface area contributed by atoms with Gasteiger partial charge in [0, 0.05) is 29.9 Å². The van der Waals surface area contributed by atoms with Crippen LogP contribution in [0.2, 0.25) is 0 Å². The summed E-state index contributed by atoms with van der Waals surface area (Å²) in [6.07, 6.45) is 4.25. The number of hydrogen-bond donors (Lipinski definition) is 0. The number of rotatable bonds is 4. The Hall–Kier alpha value is -2.80. The summed E-state index contributed by atoms with van der Waals surface area (Å²) in [5.74, 6) is 1.76. The molecule has 0 radical (unpaired) electrons. The molecule has 6 nitrogen and oxygen atoms in total. The van der Waals surface area contributed by atoms with Crippen molar-refractivity contribution in [3.8, 4) is 11.4 Å². The normalized spacial score (nSPS) is 13.7. The van der Waals surface area contributed by atoms with Crippen molar-refractivity contribution in [1.29, 1.82) is 0 Å². The quantitative estimate of drug-likeness (QED) is 0.728. The van der Waals surface area contributed by atoms with Crippen molar-refractivity contribution >= 4 is 22.5 Å². The Balaban J connectivity index is 1.35.